The normalized spacial score (nSPS) is 30.5. The highest BCUT2D eigenvalue weighted by atomic mass is 35.5. The summed E-state index contributed by atoms with van der Waals surface area (Å²) >= 11 is 6.57. The van der Waals surface area contributed by atoms with E-state index in [0.717, 1.165) is 29.9 Å². The zero-order valence-electron chi connectivity index (χ0n) is 11.6. The van der Waals surface area contributed by atoms with Gasteiger partial charge in [0.2, 0.25) is 0 Å². The summed E-state index contributed by atoms with van der Waals surface area (Å²) in [4.78, 5) is 0. The minimum Gasteiger partial charge on any atom is -0.497 e. The lowest BCUT2D eigenvalue weighted by molar-refractivity contribution is 0.310. The second kappa shape index (κ2) is 5.75. The zero-order valence-corrected chi connectivity index (χ0v) is 12.4. The van der Waals surface area contributed by atoms with Gasteiger partial charge in [0.25, 0.3) is 0 Å². The lowest BCUT2D eigenvalue weighted by Gasteiger charge is -2.23. The van der Waals surface area contributed by atoms with Gasteiger partial charge >= 0.3 is 0 Å². The number of halogens is 1. The fourth-order valence-corrected chi connectivity index (χ4v) is 4.50. The number of hydrogen-bond donors (Lipinski definition) is 0. The lowest BCUT2D eigenvalue weighted by Crippen LogP contribution is -2.16. The molecule has 104 valence electrons. The number of methoxy groups -OCH3 is 1. The number of fused-ring (bicyclic) bond motifs is 2. The fraction of sp³-hybridized carbons (Fsp3) is 0.647. The standard InChI is InChI=1S/C17H23ClO/c1-19-17-6-3-12(4-7-17)10-16(18)11-15-9-13-2-5-14(15)8-13/h3-4,6-7,13-16H,2,5,8-11H2,1H3. The Morgan fingerprint density at radius 1 is 1.21 bits per heavy atom. The fourth-order valence-electron chi connectivity index (χ4n) is 4.09. The zero-order chi connectivity index (χ0) is 13.2. The van der Waals surface area contributed by atoms with Crippen LogP contribution in [0.5, 0.6) is 5.75 Å². The van der Waals surface area contributed by atoms with Crippen molar-refractivity contribution in [2.75, 3.05) is 7.11 Å². The predicted octanol–water partition coefficient (Wildman–Crippen LogP) is 4.67. The van der Waals surface area contributed by atoms with Gasteiger partial charge in [0.1, 0.15) is 5.75 Å². The van der Waals surface area contributed by atoms with Crippen LogP contribution in [0, 0.1) is 17.8 Å². The maximum Gasteiger partial charge on any atom is 0.118 e. The highest BCUT2D eigenvalue weighted by Crippen LogP contribution is 2.50. The van der Waals surface area contributed by atoms with E-state index in [1.807, 2.05) is 12.1 Å². The Morgan fingerprint density at radius 2 is 2.00 bits per heavy atom. The first kappa shape index (κ1) is 13.3. The number of rotatable bonds is 5. The molecule has 2 saturated carbocycles. The Morgan fingerprint density at radius 3 is 2.58 bits per heavy atom. The highest BCUT2D eigenvalue weighted by molar-refractivity contribution is 6.20. The van der Waals surface area contributed by atoms with E-state index in [0.29, 0.717) is 0 Å². The van der Waals surface area contributed by atoms with Crippen molar-refractivity contribution >= 4 is 11.6 Å². The van der Waals surface area contributed by atoms with E-state index in [1.54, 1.807) is 7.11 Å². The van der Waals surface area contributed by atoms with E-state index in [-0.39, 0.29) is 5.38 Å². The molecule has 0 amide bonds. The molecule has 0 N–H and O–H groups in total. The van der Waals surface area contributed by atoms with Crippen LogP contribution in [0.25, 0.3) is 0 Å². The van der Waals surface area contributed by atoms with E-state index in [2.05, 4.69) is 12.1 Å². The Balaban J connectivity index is 1.51. The number of benzene rings is 1. The van der Waals surface area contributed by atoms with E-state index in [1.165, 1.54) is 37.7 Å². The third kappa shape index (κ3) is 3.08. The van der Waals surface area contributed by atoms with Crippen LogP contribution in [-0.4, -0.2) is 12.5 Å². The molecule has 2 aliphatic rings. The molecule has 0 saturated heterocycles. The van der Waals surface area contributed by atoms with Gasteiger partial charge < -0.3 is 4.74 Å². The Labute approximate surface area is 121 Å². The van der Waals surface area contributed by atoms with Crippen molar-refractivity contribution in [2.24, 2.45) is 17.8 Å². The SMILES string of the molecule is COc1ccc(CC(Cl)CC2CC3CCC2C3)cc1. The second-order valence-corrected chi connectivity index (χ2v) is 6.94. The quantitative estimate of drug-likeness (QED) is 0.711. The van der Waals surface area contributed by atoms with Gasteiger partial charge in [0, 0.05) is 5.38 Å². The van der Waals surface area contributed by atoms with E-state index in [9.17, 15) is 0 Å². The molecule has 1 aromatic rings. The number of ether oxygens (including phenoxy) is 1. The first-order valence-electron chi connectivity index (χ1n) is 7.51. The van der Waals surface area contributed by atoms with Crippen LogP contribution < -0.4 is 4.74 Å². The van der Waals surface area contributed by atoms with Gasteiger partial charge in [-0.2, -0.15) is 0 Å². The number of alkyl halides is 1. The minimum atomic E-state index is 0.290. The smallest absolute Gasteiger partial charge is 0.118 e. The molecule has 0 aliphatic heterocycles. The average Bonchev–Trinajstić information content (AvgIpc) is 3.02. The van der Waals surface area contributed by atoms with Crippen LogP contribution >= 0.6 is 11.6 Å². The van der Waals surface area contributed by atoms with Gasteiger partial charge in [-0.15, -0.1) is 11.6 Å². The molecule has 4 atom stereocenters. The molecule has 0 aromatic heterocycles. The maximum absolute atomic E-state index is 6.57. The number of hydrogen-bond acceptors (Lipinski definition) is 1. The third-order valence-electron chi connectivity index (χ3n) is 5.06. The molecule has 0 radical (unpaired) electrons. The Hall–Kier alpha value is -0.690. The van der Waals surface area contributed by atoms with Crippen molar-refractivity contribution in [1.82, 2.24) is 0 Å². The molecule has 2 heteroatoms. The maximum atomic E-state index is 6.57. The van der Waals surface area contributed by atoms with Crippen LogP contribution in [0.1, 0.15) is 37.7 Å². The van der Waals surface area contributed by atoms with Crippen molar-refractivity contribution in [3.8, 4) is 5.75 Å². The average molecular weight is 279 g/mol. The molecular weight excluding hydrogens is 256 g/mol. The van der Waals surface area contributed by atoms with Crippen molar-refractivity contribution in [3.05, 3.63) is 29.8 Å². The summed E-state index contributed by atoms with van der Waals surface area (Å²) in [6.07, 6.45) is 8.05. The first-order valence-corrected chi connectivity index (χ1v) is 7.95. The summed E-state index contributed by atoms with van der Waals surface area (Å²) in [5.41, 5.74) is 1.32. The van der Waals surface area contributed by atoms with E-state index < -0.39 is 0 Å². The van der Waals surface area contributed by atoms with Gasteiger partial charge in [0.15, 0.2) is 0 Å². The van der Waals surface area contributed by atoms with Crippen molar-refractivity contribution < 1.29 is 4.74 Å². The third-order valence-corrected chi connectivity index (χ3v) is 5.39. The summed E-state index contributed by atoms with van der Waals surface area (Å²) in [5, 5.41) is 0.290. The molecule has 2 bridgehead atoms. The van der Waals surface area contributed by atoms with E-state index >= 15 is 0 Å². The van der Waals surface area contributed by atoms with Crippen molar-refractivity contribution in [3.63, 3.8) is 0 Å². The van der Waals surface area contributed by atoms with Gasteiger partial charge in [-0.3, -0.25) is 0 Å². The van der Waals surface area contributed by atoms with Gasteiger partial charge in [-0.25, -0.2) is 0 Å². The molecule has 0 heterocycles. The largest absolute Gasteiger partial charge is 0.497 e. The molecule has 1 aromatic carbocycles. The van der Waals surface area contributed by atoms with Crippen molar-refractivity contribution in [1.29, 1.82) is 0 Å². The Bertz CT molecular complexity index is 414. The second-order valence-electron chi connectivity index (χ2n) is 6.32. The molecule has 2 fully saturated rings. The highest BCUT2D eigenvalue weighted by Gasteiger charge is 2.39. The van der Waals surface area contributed by atoms with Gasteiger partial charge in [-0.05, 0) is 67.6 Å². The van der Waals surface area contributed by atoms with Crippen molar-refractivity contribution in [2.45, 2.75) is 43.9 Å². The summed E-state index contributed by atoms with van der Waals surface area (Å²) in [6.45, 7) is 0. The molecular formula is C17H23ClO. The minimum absolute atomic E-state index is 0.290. The molecule has 1 nitrogen and oxygen atoms in total. The summed E-state index contributed by atoms with van der Waals surface area (Å²) in [5.74, 6) is 3.84. The molecule has 4 unspecified atom stereocenters. The predicted molar refractivity (Wildman–Crippen MR) is 79.9 cm³/mol. The molecule has 2 aliphatic carbocycles. The monoisotopic (exact) mass is 278 g/mol. The summed E-state index contributed by atoms with van der Waals surface area (Å²) in [6, 6.07) is 8.32. The van der Waals surface area contributed by atoms with Crippen LogP contribution in [0.2, 0.25) is 0 Å². The summed E-state index contributed by atoms with van der Waals surface area (Å²) in [7, 11) is 1.70. The van der Waals surface area contributed by atoms with Gasteiger partial charge in [-0.1, -0.05) is 18.6 Å². The van der Waals surface area contributed by atoms with Crippen LogP contribution in [0.3, 0.4) is 0 Å². The van der Waals surface area contributed by atoms with E-state index in [4.69, 9.17) is 16.3 Å². The van der Waals surface area contributed by atoms with Crippen LogP contribution in [0.4, 0.5) is 0 Å². The molecule has 0 spiro atoms. The Kier molecular flexibility index (Phi) is 4.02. The topological polar surface area (TPSA) is 9.23 Å². The molecule has 19 heavy (non-hydrogen) atoms. The first-order chi connectivity index (χ1) is 9.24. The van der Waals surface area contributed by atoms with Gasteiger partial charge in [0.05, 0.1) is 7.11 Å². The lowest BCUT2D eigenvalue weighted by atomic mass is 9.84. The molecule has 3 rings (SSSR count). The van der Waals surface area contributed by atoms with Crippen LogP contribution in [-0.2, 0) is 6.42 Å². The van der Waals surface area contributed by atoms with Crippen LogP contribution in [0.15, 0.2) is 24.3 Å². The summed E-state index contributed by atoms with van der Waals surface area (Å²) < 4.78 is 5.18.